The summed E-state index contributed by atoms with van der Waals surface area (Å²) >= 11 is 0. The number of anilines is 1. The number of H-pyrrole nitrogens is 1. The van der Waals surface area contributed by atoms with Crippen molar-refractivity contribution < 1.29 is 8.78 Å². The summed E-state index contributed by atoms with van der Waals surface area (Å²) in [7, 11) is 0. The van der Waals surface area contributed by atoms with Gasteiger partial charge in [-0.2, -0.15) is 0 Å². The second-order valence-corrected chi connectivity index (χ2v) is 10.9. The van der Waals surface area contributed by atoms with Gasteiger partial charge in [-0.05, 0) is 94.0 Å². The molecule has 0 radical (unpaired) electrons. The molecule has 37 heavy (non-hydrogen) atoms. The molecule has 2 fully saturated rings. The summed E-state index contributed by atoms with van der Waals surface area (Å²) in [6, 6.07) is 8.69. The van der Waals surface area contributed by atoms with Crippen LogP contribution in [0.25, 0.3) is 5.70 Å². The molecule has 2 N–H and O–H groups in total. The molecule has 1 aromatic carbocycles. The van der Waals surface area contributed by atoms with Crippen molar-refractivity contribution in [3.8, 4) is 0 Å². The standard InChI is InChI=1S/C31H39F2N3O/c1-3-36(24-15-17-31(32,33)18-16-24)28-14-8-13-26-25(28)12-6-4-5-9-23-19-21(2)35-30(37)27(23)20-34-29(26)22-10-7-11-22/h4,6,8,13-14,19,24,34H,3,5,7,9-12,15-18,20H2,1-2H3,(H,35,37)/b6-4+. The van der Waals surface area contributed by atoms with E-state index in [0.29, 0.717) is 19.4 Å². The molecule has 0 unspecified atom stereocenters. The van der Waals surface area contributed by atoms with Crippen LogP contribution in [0.15, 0.2) is 46.8 Å². The third-order valence-electron chi connectivity index (χ3n) is 8.38. The number of nitrogens with one attached hydrogen (secondary N) is 2. The van der Waals surface area contributed by atoms with E-state index in [4.69, 9.17) is 0 Å². The molecule has 0 amide bonds. The van der Waals surface area contributed by atoms with E-state index in [-0.39, 0.29) is 24.4 Å². The number of hydrogen-bond acceptors (Lipinski definition) is 3. The Bertz CT molecular complexity index is 1240. The predicted molar refractivity (Wildman–Crippen MR) is 147 cm³/mol. The molecule has 2 aromatic rings. The highest BCUT2D eigenvalue weighted by Crippen LogP contribution is 2.40. The van der Waals surface area contributed by atoms with Crippen LogP contribution in [0, 0.1) is 6.92 Å². The molecule has 1 aromatic heterocycles. The van der Waals surface area contributed by atoms with Gasteiger partial charge in [-0.1, -0.05) is 24.3 Å². The summed E-state index contributed by atoms with van der Waals surface area (Å²) in [5.41, 5.74) is 8.95. The first-order chi connectivity index (χ1) is 17.9. The second-order valence-electron chi connectivity index (χ2n) is 10.9. The van der Waals surface area contributed by atoms with Crippen LogP contribution in [-0.2, 0) is 19.4 Å². The third kappa shape index (κ3) is 5.53. The van der Waals surface area contributed by atoms with Crippen LogP contribution in [0.2, 0.25) is 0 Å². The number of allylic oxidation sites excluding steroid dienone is 3. The number of aromatic amines is 1. The van der Waals surface area contributed by atoms with Gasteiger partial charge in [-0.15, -0.1) is 0 Å². The summed E-state index contributed by atoms with van der Waals surface area (Å²) in [5.74, 6) is -2.53. The quantitative estimate of drug-likeness (QED) is 0.448. The summed E-state index contributed by atoms with van der Waals surface area (Å²) in [5, 5.41) is 3.70. The first-order valence-corrected chi connectivity index (χ1v) is 14.0. The lowest BCUT2D eigenvalue weighted by atomic mass is 9.85. The Morgan fingerprint density at radius 1 is 1.08 bits per heavy atom. The molecular weight excluding hydrogens is 468 g/mol. The minimum Gasteiger partial charge on any atom is -0.380 e. The number of aryl methyl sites for hydroxylation is 2. The number of hydrogen-bond donors (Lipinski definition) is 2. The molecule has 0 atom stereocenters. The Hall–Kier alpha value is -2.89. The van der Waals surface area contributed by atoms with Gasteiger partial charge in [-0.3, -0.25) is 4.79 Å². The predicted octanol–water partition coefficient (Wildman–Crippen LogP) is 6.82. The van der Waals surface area contributed by atoms with Gasteiger partial charge >= 0.3 is 0 Å². The fourth-order valence-electron chi connectivity index (χ4n) is 6.20. The second kappa shape index (κ2) is 10.8. The monoisotopic (exact) mass is 507 g/mol. The fourth-order valence-corrected chi connectivity index (χ4v) is 6.20. The zero-order chi connectivity index (χ0) is 26.0. The van der Waals surface area contributed by atoms with Crippen molar-refractivity contribution in [3.63, 3.8) is 0 Å². The lowest BCUT2D eigenvalue weighted by Gasteiger charge is -2.39. The Kier molecular flexibility index (Phi) is 7.55. The van der Waals surface area contributed by atoms with E-state index in [1.807, 2.05) is 6.92 Å². The average molecular weight is 508 g/mol. The van der Waals surface area contributed by atoms with Gasteiger partial charge < -0.3 is 15.2 Å². The van der Waals surface area contributed by atoms with Crippen LogP contribution in [0.5, 0.6) is 0 Å². The van der Waals surface area contributed by atoms with Crippen molar-refractivity contribution in [2.24, 2.45) is 0 Å². The van der Waals surface area contributed by atoms with Crippen LogP contribution < -0.4 is 15.8 Å². The van der Waals surface area contributed by atoms with Gasteiger partial charge in [0.25, 0.3) is 5.56 Å². The molecule has 2 saturated carbocycles. The van der Waals surface area contributed by atoms with Gasteiger partial charge in [0.2, 0.25) is 5.92 Å². The van der Waals surface area contributed by atoms with Crippen molar-refractivity contribution >= 4 is 11.4 Å². The van der Waals surface area contributed by atoms with Crippen LogP contribution >= 0.6 is 0 Å². The van der Waals surface area contributed by atoms with Gasteiger partial charge in [-0.25, -0.2) is 8.78 Å². The summed E-state index contributed by atoms with van der Waals surface area (Å²) in [4.78, 5) is 18.3. The van der Waals surface area contributed by atoms with Crippen LogP contribution in [0.1, 0.15) is 86.2 Å². The maximum Gasteiger partial charge on any atom is 0.253 e. The van der Waals surface area contributed by atoms with Crippen molar-refractivity contribution in [1.82, 2.24) is 10.3 Å². The summed E-state index contributed by atoms with van der Waals surface area (Å²) in [6.07, 6.45) is 11.2. The van der Waals surface area contributed by atoms with E-state index in [2.05, 4.69) is 58.5 Å². The molecule has 0 bridgehead atoms. The molecule has 2 aliphatic carbocycles. The molecule has 1 aliphatic heterocycles. The van der Waals surface area contributed by atoms with Crippen LogP contribution in [-0.4, -0.2) is 23.5 Å². The third-order valence-corrected chi connectivity index (χ3v) is 8.38. The summed E-state index contributed by atoms with van der Waals surface area (Å²) < 4.78 is 27.9. The van der Waals surface area contributed by atoms with Crippen molar-refractivity contribution in [3.05, 3.63) is 80.3 Å². The largest absolute Gasteiger partial charge is 0.380 e. The molecule has 2 heterocycles. The summed E-state index contributed by atoms with van der Waals surface area (Å²) in [6.45, 7) is 5.35. The number of halogens is 2. The molecule has 6 heteroatoms. The van der Waals surface area contributed by atoms with E-state index < -0.39 is 5.92 Å². The molecular formula is C31H39F2N3O. The average Bonchev–Trinajstić information content (AvgIpc) is 2.82. The minimum atomic E-state index is -2.53. The number of benzene rings is 1. The van der Waals surface area contributed by atoms with E-state index in [0.717, 1.165) is 66.9 Å². The van der Waals surface area contributed by atoms with Crippen molar-refractivity contribution in [1.29, 1.82) is 0 Å². The first-order valence-electron chi connectivity index (χ1n) is 14.0. The van der Waals surface area contributed by atoms with Gasteiger partial charge in [0.1, 0.15) is 0 Å². The smallest absolute Gasteiger partial charge is 0.253 e. The maximum absolute atomic E-state index is 14.0. The lowest BCUT2D eigenvalue weighted by molar-refractivity contribution is -0.0380. The van der Waals surface area contributed by atoms with E-state index in [9.17, 15) is 13.6 Å². The highest BCUT2D eigenvalue weighted by Gasteiger charge is 2.37. The Balaban J connectivity index is 1.56. The SMILES string of the molecule is CCN(c1cccc2c1C/C=C/CCc1cc(C)[nH]c(=O)c1CNC2=C1CCC1)C1CCC(F)(F)CC1. The minimum absolute atomic E-state index is 0.0123. The van der Waals surface area contributed by atoms with Gasteiger partial charge in [0.05, 0.1) is 0 Å². The van der Waals surface area contributed by atoms with Crippen LogP contribution in [0.3, 0.4) is 0 Å². The lowest BCUT2D eigenvalue weighted by Crippen LogP contribution is -2.41. The maximum atomic E-state index is 14.0. The molecule has 3 aliphatic rings. The van der Waals surface area contributed by atoms with E-state index >= 15 is 0 Å². The van der Waals surface area contributed by atoms with Crippen molar-refractivity contribution in [2.45, 2.75) is 96.6 Å². The number of fused-ring (bicyclic) bond motifs is 2. The number of alkyl halides is 2. The molecule has 0 saturated heterocycles. The van der Waals surface area contributed by atoms with E-state index in [1.165, 1.54) is 23.1 Å². The normalized spacial score (nSPS) is 21.0. The highest BCUT2D eigenvalue weighted by molar-refractivity contribution is 5.76. The molecule has 198 valence electrons. The fraction of sp³-hybridized carbons (Fsp3) is 0.516. The van der Waals surface area contributed by atoms with Crippen molar-refractivity contribution in [2.75, 3.05) is 11.4 Å². The molecule has 0 spiro atoms. The number of rotatable bonds is 3. The highest BCUT2D eigenvalue weighted by atomic mass is 19.3. The first kappa shape index (κ1) is 25.7. The molecule has 4 nitrogen and oxygen atoms in total. The number of nitrogens with zero attached hydrogens (tertiary/aromatic N) is 1. The number of aromatic nitrogens is 1. The van der Waals surface area contributed by atoms with Crippen LogP contribution in [0.4, 0.5) is 14.5 Å². The molecule has 5 rings (SSSR count). The topological polar surface area (TPSA) is 48.1 Å². The van der Waals surface area contributed by atoms with Gasteiger partial charge in [0, 0.05) is 60.2 Å². The van der Waals surface area contributed by atoms with E-state index in [1.54, 1.807) is 0 Å². The Morgan fingerprint density at radius 2 is 1.86 bits per heavy atom. The number of pyridine rings is 1. The van der Waals surface area contributed by atoms with Gasteiger partial charge in [0.15, 0.2) is 0 Å². The Morgan fingerprint density at radius 3 is 2.57 bits per heavy atom. The zero-order valence-electron chi connectivity index (χ0n) is 22.1. The Labute approximate surface area is 218 Å². The zero-order valence-corrected chi connectivity index (χ0v) is 22.1.